The van der Waals surface area contributed by atoms with Gasteiger partial charge in [0.25, 0.3) is 0 Å². The maximum absolute atomic E-state index is 9.34. The Bertz CT molecular complexity index is 274. The number of aliphatic hydroxyl groups excluding tert-OH is 2. The molecule has 0 saturated carbocycles. The number of ether oxygens (including phenoxy) is 2. The Balaban J connectivity index is 1.72. The van der Waals surface area contributed by atoms with E-state index in [2.05, 4.69) is 6.58 Å². The molecule has 0 aromatic carbocycles. The van der Waals surface area contributed by atoms with Gasteiger partial charge < -0.3 is 19.7 Å². The second-order valence-electron chi connectivity index (χ2n) is 3.98. The molecule has 0 spiro atoms. The molecule has 2 saturated heterocycles. The van der Waals surface area contributed by atoms with E-state index in [1.807, 2.05) is 12.2 Å². The van der Waals surface area contributed by atoms with Gasteiger partial charge in [-0.25, -0.2) is 0 Å². The molecule has 2 aliphatic heterocycles. The van der Waals surface area contributed by atoms with Crippen molar-refractivity contribution in [1.29, 1.82) is 0 Å². The van der Waals surface area contributed by atoms with E-state index in [-0.39, 0.29) is 24.4 Å². The van der Waals surface area contributed by atoms with Crippen molar-refractivity contribution >= 4 is 0 Å². The first-order valence-electron chi connectivity index (χ1n) is 5.11. The Labute approximate surface area is 88.8 Å². The fourth-order valence-corrected chi connectivity index (χ4v) is 1.60. The molecule has 2 fully saturated rings. The Morgan fingerprint density at radius 1 is 1.13 bits per heavy atom. The van der Waals surface area contributed by atoms with Crippen LogP contribution >= 0.6 is 0 Å². The summed E-state index contributed by atoms with van der Waals surface area (Å²) < 4.78 is 10.4. The zero-order valence-corrected chi connectivity index (χ0v) is 8.61. The van der Waals surface area contributed by atoms with Gasteiger partial charge in [0.2, 0.25) is 0 Å². The topological polar surface area (TPSA) is 65.5 Å². The first kappa shape index (κ1) is 10.8. The zero-order valence-electron chi connectivity index (χ0n) is 8.61. The highest BCUT2D eigenvalue weighted by atomic mass is 16.6. The maximum atomic E-state index is 9.34. The lowest BCUT2D eigenvalue weighted by molar-refractivity contribution is 0.152. The van der Waals surface area contributed by atoms with E-state index in [0.717, 1.165) is 0 Å². The summed E-state index contributed by atoms with van der Waals surface area (Å²) in [6.07, 6.45) is 3.87. The highest BCUT2D eigenvalue weighted by molar-refractivity contribution is 5.13. The van der Waals surface area contributed by atoms with Gasteiger partial charge >= 0.3 is 0 Å². The molecule has 0 bridgehead atoms. The molecule has 84 valence electrons. The highest BCUT2D eigenvalue weighted by Crippen LogP contribution is 2.31. The summed E-state index contributed by atoms with van der Waals surface area (Å²) in [6.45, 7) is 5.19. The van der Waals surface area contributed by atoms with Gasteiger partial charge in [-0.1, -0.05) is 18.2 Å². The van der Waals surface area contributed by atoms with Crippen LogP contribution in [-0.4, -0.2) is 46.8 Å². The zero-order chi connectivity index (χ0) is 11.0. The second-order valence-corrected chi connectivity index (χ2v) is 3.98. The highest BCUT2D eigenvalue weighted by Gasteiger charge is 2.44. The van der Waals surface area contributed by atoms with E-state index in [9.17, 15) is 10.2 Å². The molecular formula is C11H16O4. The number of hydrogen-bond donors (Lipinski definition) is 2. The monoisotopic (exact) mass is 212 g/mol. The summed E-state index contributed by atoms with van der Waals surface area (Å²) in [4.78, 5) is 0. The first-order valence-corrected chi connectivity index (χ1v) is 5.11. The maximum Gasteiger partial charge on any atom is 0.118 e. The number of hydrogen-bond acceptors (Lipinski definition) is 4. The molecule has 0 aliphatic carbocycles. The molecule has 0 radical (unpaired) electrons. The summed E-state index contributed by atoms with van der Waals surface area (Å²) in [6, 6.07) is 0. The van der Waals surface area contributed by atoms with Crippen molar-refractivity contribution in [2.75, 3.05) is 0 Å². The average Bonchev–Trinajstić information content (AvgIpc) is 3.06. The molecule has 0 aromatic rings. The van der Waals surface area contributed by atoms with Gasteiger partial charge in [0, 0.05) is 0 Å². The second kappa shape index (κ2) is 4.06. The van der Waals surface area contributed by atoms with Crippen LogP contribution < -0.4 is 0 Å². The Hall–Kier alpha value is -0.680. The van der Waals surface area contributed by atoms with Gasteiger partial charge in [-0.2, -0.15) is 0 Å². The van der Waals surface area contributed by atoms with Crippen LogP contribution in [0.1, 0.15) is 6.92 Å². The third-order valence-corrected chi connectivity index (χ3v) is 2.67. The van der Waals surface area contributed by atoms with Gasteiger partial charge in [-0.05, 0) is 6.92 Å². The Morgan fingerprint density at radius 3 is 2.13 bits per heavy atom. The third kappa shape index (κ3) is 2.46. The lowest BCUT2D eigenvalue weighted by Crippen LogP contribution is -2.12. The van der Waals surface area contributed by atoms with Crippen LogP contribution in [0.5, 0.6) is 0 Å². The largest absolute Gasteiger partial charge is 0.391 e. The molecule has 2 N–H and O–H groups in total. The quantitative estimate of drug-likeness (QED) is 0.497. The van der Waals surface area contributed by atoms with Crippen molar-refractivity contribution in [3.05, 3.63) is 24.8 Å². The summed E-state index contributed by atoms with van der Waals surface area (Å²) in [5.74, 6) is 0. The smallest absolute Gasteiger partial charge is 0.118 e. The molecule has 2 rings (SSSR count). The van der Waals surface area contributed by atoms with Crippen molar-refractivity contribution in [3.63, 3.8) is 0 Å². The van der Waals surface area contributed by atoms with Crippen LogP contribution in [0.2, 0.25) is 0 Å². The molecule has 2 heterocycles. The fraction of sp³-hybridized carbons (Fsp3) is 0.636. The van der Waals surface area contributed by atoms with Gasteiger partial charge in [0.15, 0.2) is 0 Å². The standard InChI is InChI=1S/C11H16O4/c1-3-7(13)11-9(15-11)5-4-8-10(14-8)6(2)12/h3-13H,1H2,2H3/t6-,7-,8+,9-,10-,11+/m1/s1. The van der Waals surface area contributed by atoms with E-state index in [0.29, 0.717) is 0 Å². The van der Waals surface area contributed by atoms with Crippen LogP contribution in [-0.2, 0) is 9.47 Å². The molecule has 6 atom stereocenters. The van der Waals surface area contributed by atoms with E-state index < -0.39 is 12.2 Å². The van der Waals surface area contributed by atoms with Crippen molar-refractivity contribution < 1.29 is 19.7 Å². The van der Waals surface area contributed by atoms with E-state index in [1.165, 1.54) is 6.08 Å². The first-order chi connectivity index (χ1) is 7.13. The summed E-state index contributed by atoms with van der Waals surface area (Å²) >= 11 is 0. The van der Waals surface area contributed by atoms with Crippen LogP contribution in [0.15, 0.2) is 24.8 Å². The number of aliphatic hydroxyl groups is 2. The molecular weight excluding hydrogens is 196 g/mol. The SMILES string of the molecule is C=C[C@@H](O)[C@@H]1O[C@@H]1C=C[C@@H]1O[C@@H]1[C@@H](C)O. The van der Waals surface area contributed by atoms with Crippen molar-refractivity contribution in [2.24, 2.45) is 0 Å². The summed E-state index contributed by atoms with van der Waals surface area (Å²) in [5, 5.41) is 18.5. The van der Waals surface area contributed by atoms with Gasteiger partial charge in [0.1, 0.15) is 30.5 Å². The lowest BCUT2D eigenvalue weighted by atomic mass is 10.1. The van der Waals surface area contributed by atoms with Crippen molar-refractivity contribution in [3.8, 4) is 0 Å². The van der Waals surface area contributed by atoms with Crippen LogP contribution in [0.4, 0.5) is 0 Å². The molecule has 4 nitrogen and oxygen atoms in total. The molecule has 0 aromatic heterocycles. The van der Waals surface area contributed by atoms with E-state index in [4.69, 9.17) is 9.47 Å². The van der Waals surface area contributed by atoms with E-state index >= 15 is 0 Å². The normalized spacial score (nSPS) is 42.6. The summed E-state index contributed by atoms with van der Waals surface area (Å²) in [5.41, 5.74) is 0. The van der Waals surface area contributed by atoms with Gasteiger partial charge in [0.05, 0.1) is 6.10 Å². The number of epoxide rings is 2. The van der Waals surface area contributed by atoms with Crippen molar-refractivity contribution in [1.82, 2.24) is 0 Å². The van der Waals surface area contributed by atoms with E-state index in [1.54, 1.807) is 6.92 Å². The average molecular weight is 212 g/mol. The molecule has 4 heteroatoms. The van der Waals surface area contributed by atoms with Gasteiger partial charge in [-0.3, -0.25) is 0 Å². The molecule has 0 unspecified atom stereocenters. The minimum Gasteiger partial charge on any atom is -0.391 e. The fourth-order valence-electron chi connectivity index (χ4n) is 1.60. The number of rotatable bonds is 5. The third-order valence-electron chi connectivity index (χ3n) is 2.67. The predicted octanol–water partition coefficient (Wildman–Crippen LogP) is 0.00510. The minimum absolute atomic E-state index is 0.00396. The van der Waals surface area contributed by atoms with Gasteiger partial charge in [-0.15, -0.1) is 6.58 Å². The van der Waals surface area contributed by atoms with Crippen molar-refractivity contribution in [2.45, 2.75) is 43.5 Å². The van der Waals surface area contributed by atoms with Crippen LogP contribution in [0.3, 0.4) is 0 Å². The van der Waals surface area contributed by atoms with Crippen LogP contribution in [0.25, 0.3) is 0 Å². The minimum atomic E-state index is -0.604. The Kier molecular flexibility index (Phi) is 2.93. The van der Waals surface area contributed by atoms with Crippen LogP contribution in [0, 0.1) is 0 Å². The molecule has 15 heavy (non-hydrogen) atoms. The Morgan fingerprint density at radius 2 is 1.67 bits per heavy atom. The summed E-state index contributed by atoms with van der Waals surface area (Å²) in [7, 11) is 0. The molecule has 2 aliphatic rings. The molecule has 0 amide bonds. The lowest BCUT2D eigenvalue weighted by Gasteiger charge is -1.96. The predicted molar refractivity (Wildman–Crippen MR) is 54.3 cm³/mol.